The predicted molar refractivity (Wildman–Crippen MR) is 91.7 cm³/mol. The van der Waals surface area contributed by atoms with Gasteiger partial charge in [0.05, 0.1) is 6.20 Å². The van der Waals surface area contributed by atoms with E-state index in [0.717, 1.165) is 15.7 Å². The largest absolute Gasteiger partial charge is 0.339 e. The Bertz CT molecular complexity index is 840. The molecule has 0 atom stereocenters. The van der Waals surface area contributed by atoms with Gasteiger partial charge in [0.1, 0.15) is 5.82 Å². The minimum atomic E-state index is -0.319. The number of aryl methyl sites for hydroxylation is 1. The summed E-state index contributed by atoms with van der Waals surface area (Å²) in [5.41, 5.74) is 2.54. The predicted octanol–water partition coefficient (Wildman–Crippen LogP) is 4.57. The number of benzene rings is 2. The third-order valence-electron chi connectivity index (χ3n) is 3.07. The van der Waals surface area contributed by atoms with E-state index < -0.39 is 0 Å². The number of nitrogens with one attached hydrogen (secondary N) is 2. The molecule has 0 aliphatic carbocycles. The fraction of sp³-hybridized carbons (Fsp3) is 0.0625. The highest BCUT2D eigenvalue weighted by Gasteiger charge is 2.04. The monoisotopic (exact) mass is 373 g/mol. The van der Waals surface area contributed by atoms with Crippen molar-refractivity contribution in [3.05, 3.63) is 64.5 Å². The fourth-order valence-corrected chi connectivity index (χ4v) is 2.23. The number of anilines is 4. The molecule has 2 aromatic carbocycles. The summed E-state index contributed by atoms with van der Waals surface area (Å²) in [5.74, 6) is 0.510. The zero-order valence-electron chi connectivity index (χ0n) is 12.2. The van der Waals surface area contributed by atoms with Gasteiger partial charge < -0.3 is 10.6 Å². The zero-order valence-corrected chi connectivity index (χ0v) is 13.8. The normalized spacial score (nSPS) is 10.4. The van der Waals surface area contributed by atoms with Crippen LogP contribution in [0.3, 0.4) is 0 Å². The van der Waals surface area contributed by atoms with Gasteiger partial charge in [-0.15, -0.1) is 5.10 Å². The molecular formula is C16H13BrFN5. The van der Waals surface area contributed by atoms with Gasteiger partial charge in [-0.25, -0.2) is 4.39 Å². The van der Waals surface area contributed by atoms with Crippen molar-refractivity contribution in [3.63, 3.8) is 0 Å². The lowest BCUT2D eigenvalue weighted by molar-refractivity contribution is 0.628. The Morgan fingerprint density at radius 3 is 2.65 bits per heavy atom. The molecule has 0 fully saturated rings. The number of hydrogen-bond donors (Lipinski definition) is 2. The zero-order chi connectivity index (χ0) is 16.2. The molecule has 0 saturated carbocycles. The molecule has 5 nitrogen and oxygen atoms in total. The SMILES string of the molecule is Cc1cc(Nc2nncc(Nc3cccc(F)c3)n2)ccc1Br. The molecule has 0 unspecified atom stereocenters. The first-order valence-corrected chi connectivity index (χ1v) is 7.65. The van der Waals surface area contributed by atoms with Crippen molar-refractivity contribution in [2.45, 2.75) is 6.92 Å². The van der Waals surface area contributed by atoms with E-state index in [4.69, 9.17) is 0 Å². The van der Waals surface area contributed by atoms with Crippen molar-refractivity contribution < 1.29 is 4.39 Å². The Hall–Kier alpha value is -2.54. The third-order valence-corrected chi connectivity index (χ3v) is 3.96. The number of rotatable bonds is 4. The van der Waals surface area contributed by atoms with Crippen LogP contribution >= 0.6 is 15.9 Å². The van der Waals surface area contributed by atoms with Crippen LogP contribution in [0.4, 0.5) is 27.5 Å². The number of halogens is 2. The van der Waals surface area contributed by atoms with Gasteiger partial charge in [0.2, 0.25) is 5.95 Å². The molecule has 23 heavy (non-hydrogen) atoms. The second-order valence-electron chi connectivity index (χ2n) is 4.89. The van der Waals surface area contributed by atoms with Crippen LogP contribution in [0.5, 0.6) is 0 Å². The standard InChI is InChI=1S/C16H13BrFN5/c1-10-7-13(5-6-14(10)17)21-16-22-15(9-19-23-16)20-12-4-2-3-11(18)8-12/h2-9H,1H3,(H2,20,21,22,23). The minimum Gasteiger partial charge on any atom is -0.339 e. The second kappa shape index (κ2) is 6.70. The first kappa shape index (κ1) is 15.4. The molecule has 0 radical (unpaired) electrons. The van der Waals surface area contributed by atoms with E-state index in [1.54, 1.807) is 12.1 Å². The van der Waals surface area contributed by atoms with Gasteiger partial charge in [0.15, 0.2) is 5.82 Å². The van der Waals surface area contributed by atoms with E-state index in [2.05, 4.69) is 41.7 Å². The molecule has 116 valence electrons. The van der Waals surface area contributed by atoms with E-state index in [-0.39, 0.29) is 5.82 Å². The molecule has 3 rings (SSSR count). The second-order valence-corrected chi connectivity index (χ2v) is 5.74. The van der Waals surface area contributed by atoms with E-state index in [1.807, 2.05) is 25.1 Å². The maximum absolute atomic E-state index is 13.2. The Morgan fingerprint density at radius 1 is 1.04 bits per heavy atom. The van der Waals surface area contributed by atoms with Crippen LogP contribution in [0.1, 0.15) is 5.56 Å². The Balaban J connectivity index is 1.78. The lowest BCUT2D eigenvalue weighted by Gasteiger charge is -2.08. The number of hydrogen-bond acceptors (Lipinski definition) is 5. The summed E-state index contributed by atoms with van der Waals surface area (Å²) in [4.78, 5) is 4.32. The fourth-order valence-electron chi connectivity index (χ4n) is 1.98. The summed E-state index contributed by atoms with van der Waals surface area (Å²) in [5, 5.41) is 13.9. The summed E-state index contributed by atoms with van der Waals surface area (Å²) < 4.78 is 14.2. The molecule has 0 aliphatic heterocycles. The number of nitrogens with zero attached hydrogens (tertiary/aromatic N) is 3. The molecule has 0 bridgehead atoms. The summed E-state index contributed by atoms with van der Waals surface area (Å²) in [6, 6.07) is 12.0. The Kier molecular flexibility index (Phi) is 4.47. The molecule has 1 aromatic heterocycles. The molecule has 1 heterocycles. The van der Waals surface area contributed by atoms with Crippen molar-refractivity contribution in [2.75, 3.05) is 10.6 Å². The van der Waals surface area contributed by atoms with E-state index in [9.17, 15) is 4.39 Å². The van der Waals surface area contributed by atoms with Gasteiger partial charge in [0, 0.05) is 15.8 Å². The lowest BCUT2D eigenvalue weighted by atomic mass is 10.2. The van der Waals surface area contributed by atoms with Crippen LogP contribution in [-0.2, 0) is 0 Å². The third kappa shape index (κ3) is 4.01. The van der Waals surface area contributed by atoms with Crippen molar-refractivity contribution in [1.82, 2.24) is 15.2 Å². The molecule has 2 N–H and O–H groups in total. The molecule has 0 saturated heterocycles. The first-order valence-electron chi connectivity index (χ1n) is 6.86. The van der Waals surface area contributed by atoms with Gasteiger partial charge in [-0.3, -0.25) is 0 Å². The summed E-state index contributed by atoms with van der Waals surface area (Å²) >= 11 is 3.46. The highest BCUT2D eigenvalue weighted by molar-refractivity contribution is 9.10. The maximum Gasteiger partial charge on any atom is 0.249 e. The van der Waals surface area contributed by atoms with Gasteiger partial charge in [-0.05, 0) is 48.9 Å². The average molecular weight is 374 g/mol. The van der Waals surface area contributed by atoms with Crippen LogP contribution in [0.25, 0.3) is 0 Å². The van der Waals surface area contributed by atoms with E-state index >= 15 is 0 Å². The molecule has 0 amide bonds. The summed E-state index contributed by atoms with van der Waals surface area (Å²) in [7, 11) is 0. The van der Waals surface area contributed by atoms with Crippen LogP contribution in [0.2, 0.25) is 0 Å². The summed E-state index contributed by atoms with van der Waals surface area (Å²) in [6.45, 7) is 2.00. The lowest BCUT2D eigenvalue weighted by Crippen LogP contribution is -2.02. The maximum atomic E-state index is 13.2. The Labute approximate surface area is 141 Å². The van der Waals surface area contributed by atoms with Gasteiger partial charge in [0.25, 0.3) is 0 Å². The molecule has 3 aromatic rings. The van der Waals surface area contributed by atoms with Crippen molar-refractivity contribution in [1.29, 1.82) is 0 Å². The molecule has 0 aliphatic rings. The molecule has 7 heteroatoms. The van der Waals surface area contributed by atoms with Gasteiger partial charge in [-0.2, -0.15) is 10.1 Å². The smallest absolute Gasteiger partial charge is 0.249 e. The molecule has 0 spiro atoms. The number of aromatic nitrogens is 3. The van der Waals surface area contributed by atoms with Crippen LogP contribution in [0.15, 0.2) is 53.1 Å². The van der Waals surface area contributed by atoms with Gasteiger partial charge in [-0.1, -0.05) is 22.0 Å². The first-order chi connectivity index (χ1) is 11.1. The molecular weight excluding hydrogens is 361 g/mol. The Morgan fingerprint density at radius 2 is 1.87 bits per heavy atom. The summed E-state index contributed by atoms with van der Waals surface area (Å²) in [6.07, 6.45) is 1.48. The van der Waals surface area contributed by atoms with Crippen LogP contribution in [-0.4, -0.2) is 15.2 Å². The van der Waals surface area contributed by atoms with E-state index in [1.165, 1.54) is 18.3 Å². The highest BCUT2D eigenvalue weighted by atomic mass is 79.9. The topological polar surface area (TPSA) is 62.7 Å². The highest BCUT2D eigenvalue weighted by Crippen LogP contribution is 2.22. The van der Waals surface area contributed by atoms with Crippen molar-refractivity contribution in [3.8, 4) is 0 Å². The van der Waals surface area contributed by atoms with Gasteiger partial charge >= 0.3 is 0 Å². The van der Waals surface area contributed by atoms with Crippen molar-refractivity contribution in [2.24, 2.45) is 0 Å². The van der Waals surface area contributed by atoms with Crippen LogP contribution in [0, 0.1) is 12.7 Å². The average Bonchev–Trinajstić information content (AvgIpc) is 2.51. The van der Waals surface area contributed by atoms with E-state index in [0.29, 0.717) is 17.5 Å². The quantitative estimate of drug-likeness (QED) is 0.701. The van der Waals surface area contributed by atoms with Crippen LogP contribution < -0.4 is 10.6 Å². The van der Waals surface area contributed by atoms with Crippen molar-refractivity contribution >= 4 is 39.1 Å². The minimum absolute atomic E-state index is 0.319.